The molecule has 4 aromatic heterocycles. The second-order valence-corrected chi connectivity index (χ2v) is 5.95. The molecule has 5 nitrogen and oxygen atoms in total. The lowest BCUT2D eigenvalue weighted by atomic mass is 10.0. The summed E-state index contributed by atoms with van der Waals surface area (Å²) in [6.45, 7) is 0.894. The highest BCUT2D eigenvalue weighted by atomic mass is 19.1. The van der Waals surface area contributed by atoms with Crippen molar-refractivity contribution in [1.82, 2.24) is 24.1 Å². The SMILES string of the molecule is Fc1cc(-c2c(-c3ccccn3)nn3c2CCC3)cn2ccnc12. The molecule has 0 unspecified atom stereocenters. The summed E-state index contributed by atoms with van der Waals surface area (Å²) >= 11 is 0. The molecule has 0 bridgehead atoms. The molecule has 0 radical (unpaired) electrons. The average molecular weight is 319 g/mol. The van der Waals surface area contributed by atoms with Crippen molar-refractivity contribution in [3.63, 3.8) is 0 Å². The predicted molar refractivity (Wildman–Crippen MR) is 87.9 cm³/mol. The topological polar surface area (TPSA) is 48.0 Å². The quantitative estimate of drug-likeness (QED) is 0.569. The summed E-state index contributed by atoms with van der Waals surface area (Å²) in [5.41, 5.74) is 4.88. The fraction of sp³-hybridized carbons (Fsp3) is 0.167. The van der Waals surface area contributed by atoms with Gasteiger partial charge in [-0.2, -0.15) is 5.10 Å². The van der Waals surface area contributed by atoms with Crippen molar-refractivity contribution in [2.24, 2.45) is 0 Å². The minimum absolute atomic E-state index is 0.331. The maximum absolute atomic E-state index is 14.4. The molecule has 1 aliphatic heterocycles. The van der Waals surface area contributed by atoms with Crippen molar-refractivity contribution >= 4 is 5.65 Å². The van der Waals surface area contributed by atoms with E-state index in [1.54, 1.807) is 29.1 Å². The summed E-state index contributed by atoms with van der Waals surface area (Å²) in [6, 6.07) is 7.30. The minimum atomic E-state index is -0.331. The zero-order chi connectivity index (χ0) is 16.1. The molecule has 24 heavy (non-hydrogen) atoms. The summed E-state index contributed by atoms with van der Waals surface area (Å²) < 4.78 is 18.2. The van der Waals surface area contributed by atoms with Crippen LogP contribution in [0.4, 0.5) is 4.39 Å². The van der Waals surface area contributed by atoms with Crippen LogP contribution in [0.5, 0.6) is 0 Å². The van der Waals surface area contributed by atoms with Crippen LogP contribution >= 0.6 is 0 Å². The third kappa shape index (κ3) is 1.89. The smallest absolute Gasteiger partial charge is 0.173 e. The summed E-state index contributed by atoms with van der Waals surface area (Å²) in [7, 11) is 0. The van der Waals surface area contributed by atoms with E-state index in [9.17, 15) is 4.39 Å². The Bertz CT molecular complexity index is 1050. The first-order valence-electron chi connectivity index (χ1n) is 7.95. The number of hydrogen-bond acceptors (Lipinski definition) is 3. The van der Waals surface area contributed by atoms with Crippen LogP contribution in [0.15, 0.2) is 49.1 Å². The van der Waals surface area contributed by atoms with E-state index in [1.807, 2.05) is 29.1 Å². The molecule has 0 aromatic carbocycles. The Morgan fingerprint density at radius 1 is 1.12 bits per heavy atom. The second-order valence-electron chi connectivity index (χ2n) is 5.95. The molecule has 6 heteroatoms. The highest BCUT2D eigenvalue weighted by molar-refractivity contribution is 5.82. The number of halogens is 1. The molecule has 0 aliphatic carbocycles. The third-order valence-electron chi connectivity index (χ3n) is 4.48. The summed E-state index contributed by atoms with van der Waals surface area (Å²) in [6.07, 6.45) is 9.03. The maximum Gasteiger partial charge on any atom is 0.173 e. The first-order valence-corrected chi connectivity index (χ1v) is 7.95. The molecule has 0 fully saturated rings. The number of nitrogens with zero attached hydrogens (tertiary/aromatic N) is 5. The van der Waals surface area contributed by atoms with Crippen molar-refractivity contribution in [1.29, 1.82) is 0 Å². The molecular weight excluding hydrogens is 305 g/mol. The molecule has 0 spiro atoms. The number of aromatic nitrogens is 5. The Balaban J connectivity index is 1.80. The molecule has 0 saturated heterocycles. The number of hydrogen-bond donors (Lipinski definition) is 0. The van der Waals surface area contributed by atoms with Gasteiger partial charge in [-0.3, -0.25) is 9.67 Å². The summed E-state index contributed by atoms with van der Waals surface area (Å²) in [5.74, 6) is -0.331. The molecule has 5 heterocycles. The van der Waals surface area contributed by atoms with Gasteiger partial charge in [-0.1, -0.05) is 6.07 Å². The normalized spacial score (nSPS) is 13.5. The van der Waals surface area contributed by atoms with Gasteiger partial charge in [0.2, 0.25) is 0 Å². The lowest BCUT2D eigenvalue weighted by Crippen LogP contribution is -1.94. The van der Waals surface area contributed by atoms with Crippen molar-refractivity contribution < 1.29 is 4.39 Å². The van der Waals surface area contributed by atoms with Crippen molar-refractivity contribution in [3.05, 3.63) is 60.6 Å². The summed E-state index contributed by atoms with van der Waals surface area (Å²) in [5, 5.41) is 4.74. The molecule has 0 atom stereocenters. The number of rotatable bonds is 2. The first-order chi connectivity index (χ1) is 11.8. The van der Waals surface area contributed by atoms with E-state index in [4.69, 9.17) is 5.10 Å². The molecule has 4 aromatic rings. The fourth-order valence-electron chi connectivity index (χ4n) is 3.44. The van der Waals surface area contributed by atoms with Crippen LogP contribution in [0, 0.1) is 5.82 Å². The number of fused-ring (bicyclic) bond motifs is 2. The first kappa shape index (κ1) is 13.4. The van der Waals surface area contributed by atoms with Gasteiger partial charge in [0.25, 0.3) is 0 Å². The zero-order valence-corrected chi connectivity index (χ0v) is 12.9. The van der Waals surface area contributed by atoms with Gasteiger partial charge in [-0.15, -0.1) is 0 Å². The van der Waals surface area contributed by atoms with Crippen LogP contribution < -0.4 is 0 Å². The van der Waals surface area contributed by atoms with Crippen LogP contribution in [-0.2, 0) is 13.0 Å². The monoisotopic (exact) mass is 319 g/mol. The van der Waals surface area contributed by atoms with Gasteiger partial charge in [0.15, 0.2) is 11.5 Å². The zero-order valence-electron chi connectivity index (χ0n) is 12.9. The van der Waals surface area contributed by atoms with Crippen molar-refractivity contribution in [2.75, 3.05) is 0 Å². The summed E-state index contributed by atoms with van der Waals surface area (Å²) in [4.78, 5) is 8.48. The van der Waals surface area contributed by atoms with Crippen LogP contribution in [0.1, 0.15) is 12.1 Å². The standard InChI is InChI=1S/C18H14FN5/c19-13-10-12(11-23-9-7-21-18(13)23)16-15-5-3-8-24(15)22-17(16)14-4-1-2-6-20-14/h1-2,4,6-7,9-11H,3,5,8H2. The Morgan fingerprint density at radius 2 is 2.08 bits per heavy atom. The number of aryl methyl sites for hydroxylation is 1. The highest BCUT2D eigenvalue weighted by Crippen LogP contribution is 2.37. The maximum atomic E-state index is 14.4. The molecule has 1 aliphatic rings. The van der Waals surface area contributed by atoms with E-state index in [0.717, 1.165) is 47.6 Å². The van der Waals surface area contributed by atoms with Gasteiger partial charge in [-0.05, 0) is 31.0 Å². The van der Waals surface area contributed by atoms with Gasteiger partial charge < -0.3 is 4.40 Å². The number of imidazole rings is 1. The largest absolute Gasteiger partial charge is 0.304 e. The van der Waals surface area contributed by atoms with Crippen LogP contribution in [0.25, 0.3) is 28.2 Å². The molecule has 0 amide bonds. The Kier molecular flexibility index (Phi) is 2.79. The highest BCUT2D eigenvalue weighted by Gasteiger charge is 2.25. The Labute approximate surface area is 137 Å². The van der Waals surface area contributed by atoms with E-state index < -0.39 is 0 Å². The molecule has 0 N–H and O–H groups in total. The molecular formula is C18H14FN5. The van der Waals surface area contributed by atoms with Gasteiger partial charge in [-0.25, -0.2) is 9.37 Å². The van der Waals surface area contributed by atoms with Crippen LogP contribution in [0.3, 0.4) is 0 Å². The van der Waals surface area contributed by atoms with Crippen molar-refractivity contribution in [2.45, 2.75) is 19.4 Å². The van der Waals surface area contributed by atoms with E-state index in [-0.39, 0.29) is 5.82 Å². The van der Waals surface area contributed by atoms with Gasteiger partial charge in [0.05, 0.1) is 5.69 Å². The molecule has 5 rings (SSSR count). The van der Waals surface area contributed by atoms with Gasteiger partial charge in [0, 0.05) is 48.2 Å². The lowest BCUT2D eigenvalue weighted by molar-refractivity contribution is 0.630. The van der Waals surface area contributed by atoms with Crippen LogP contribution in [0.2, 0.25) is 0 Å². The Morgan fingerprint density at radius 3 is 2.96 bits per heavy atom. The Hall–Kier alpha value is -3.02. The van der Waals surface area contributed by atoms with E-state index in [1.165, 1.54) is 0 Å². The van der Waals surface area contributed by atoms with Crippen molar-refractivity contribution in [3.8, 4) is 22.5 Å². The third-order valence-corrected chi connectivity index (χ3v) is 4.48. The van der Waals surface area contributed by atoms with E-state index in [2.05, 4.69) is 9.97 Å². The lowest BCUT2D eigenvalue weighted by Gasteiger charge is -2.07. The van der Waals surface area contributed by atoms with Crippen LogP contribution in [-0.4, -0.2) is 24.1 Å². The minimum Gasteiger partial charge on any atom is -0.304 e. The average Bonchev–Trinajstić information content (AvgIpc) is 3.30. The van der Waals surface area contributed by atoms with Gasteiger partial charge in [0.1, 0.15) is 5.69 Å². The molecule has 0 saturated carbocycles. The fourth-order valence-corrected chi connectivity index (χ4v) is 3.44. The number of pyridine rings is 2. The second kappa shape index (κ2) is 4.99. The van der Waals surface area contributed by atoms with E-state index in [0.29, 0.717) is 5.65 Å². The van der Waals surface area contributed by atoms with Gasteiger partial charge >= 0.3 is 0 Å². The van der Waals surface area contributed by atoms with E-state index >= 15 is 0 Å². The molecule has 118 valence electrons. The predicted octanol–water partition coefficient (Wildman–Crippen LogP) is 3.35.